The van der Waals surface area contributed by atoms with Gasteiger partial charge in [0.25, 0.3) is 0 Å². The lowest BCUT2D eigenvalue weighted by Crippen LogP contribution is -2.48. The summed E-state index contributed by atoms with van der Waals surface area (Å²) in [5.41, 5.74) is 2.94. The predicted molar refractivity (Wildman–Crippen MR) is 110 cm³/mol. The van der Waals surface area contributed by atoms with E-state index in [2.05, 4.69) is 5.32 Å². The molecule has 1 N–H and O–H groups in total. The third-order valence-corrected chi connectivity index (χ3v) is 4.80. The van der Waals surface area contributed by atoms with Gasteiger partial charge in [0.05, 0.1) is 6.42 Å². The monoisotopic (exact) mass is 386 g/mol. The van der Waals surface area contributed by atoms with Gasteiger partial charge in [0, 0.05) is 18.1 Å². The van der Waals surface area contributed by atoms with Crippen molar-refractivity contribution in [1.82, 2.24) is 10.2 Å². The molecule has 2 aromatic rings. The van der Waals surface area contributed by atoms with E-state index in [0.29, 0.717) is 18.1 Å². The summed E-state index contributed by atoms with van der Waals surface area (Å²) in [6.45, 7) is 6.69. The molecule has 0 aliphatic rings. The lowest BCUT2D eigenvalue weighted by atomic mass is 10.0. The summed E-state index contributed by atoms with van der Waals surface area (Å²) in [6, 6.07) is 14.6. The first-order valence-corrected chi connectivity index (χ1v) is 9.66. The van der Waals surface area contributed by atoms with Gasteiger partial charge in [-0.2, -0.15) is 0 Å². The summed E-state index contributed by atoms with van der Waals surface area (Å²) in [5.74, 6) is -0.222. The first-order chi connectivity index (χ1) is 12.9. The number of hydrogen-bond acceptors (Lipinski definition) is 2. The number of rotatable bonds is 8. The lowest BCUT2D eigenvalue weighted by Gasteiger charge is -2.29. The standard InChI is InChI=1S/C22H27ClN2O2/c1-4-12-24-22(27)17(3)25(15-18-9-7-11-20(23)13-18)21(26)14-19-10-6-5-8-16(19)2/h5-11,13,17H,4,12,14-15H2,1-3H3,(H,24,27)/t17-/m1/s1. The molecule has 2 rings (SSSR count). The van der Waals surface area contributed by atoms with E-state index in [0.717, 1.165) is 23.1 Å². The Labute approximate surface area is 166 Å². The van der Waals surface area contributed by atoms with Gasteiger partial charge in [0.15, 0.2) is 0 Å². The Balaban J connectivity index is 2.23. The van der Waals surface area contributed by atoms with Crippen LogP contribution in [-0.4, -0.2) is 29.3 Å². The largest absolute Gasteiger partial charge is 0.354 e. The second kappa shape index (κ2) is 10.1. The fourth-order valence-electron chi connectivity index (χ4n) is 2.88. The van der Waals surface area contributed by atoms with Crippen LogP contribution in [0.15, 0.2) is 48.5 Å². The Bertz CT molecular complexity index is 791. The van der Waals surface area contributed by atoms with E-state index in [9.17, 15) is 9.59 Å². The van der Waals surface area contributed by atoms with Gasteiger partial charge in [0.1, 0.15) is 6.04 Å². The molecule has 0 aliphatic heterocycles. The molecule has 0 heterocycles. The maximum absolute atomic E-state index is 13.1. The summed E-state index contributed by atoms with van der Waals surface area (Å²) in [7, 11) is 0. The summed E-state index contributed by atoms with van der Waals surface area (Å²) in [4.78, 5) is 27.2. The van der Waals surface area contributed by atoms with Gasteiger partial charge in [-0.1, -0.05) is 54.9 Å². The highest BCUT2D eigenvalue weighted by molar-refractivity contribution is 6.30. The minimum Gasteiger partial charge on any atom is -0.354 e. The summed E-state index contributed by atoms with van der Waals surface area (Å²) in [5, 5.41) is 3.49. The highest BCUT2D eigenvalue weighted by atomic mass is 35.5. The van der Waals surface area contributed by atoms with Crippen LogP contribution < -0.4 is 5.32 Å². The number of halogens is 1. The van der Waals surface area contributed by atoms with Gasteiger partial charge < -0.3 is 10.2 Å². The van der Waals surface area contributed by atoms with E-state index < -0.39 is 6.04 Å². The summed E-state index contributed by atoms with van der Waals surface area (Å²) < 4.78 is 0. The van der Waals surface area contributed by atoms with Crippen LogP contribution in [0.2, 0.25) is 5.02 Å². The zero-order chi connectivity index (χ0) is 19.8. The molecule has 0 unspecified atom stereocenters. The van der Waals surface area contributed by atoms with Crippen molar-refractivity contribution in [1.29, 1.82) is 0 Å². The molecule has 4 nitrogen and oxygen atoms in total. The van der Waals surface area contributed by atoms with Gasteiger partial charge in [0.2, 0.25) is 11.8 Å². The Hall–Kier alpha value is -2.33. The number of hydrogen-bond donors (Lipinski definition) is 1. The van der Waals surface area contributed by atoms with Crippen LogP contribution in [0.4, 0.5) is 0 Å². The number of amides is 2. The molecule has 0 bridgehead atoms. The van der Waals surface area contributed by atoms with Crippen LogP contribution in [0.1, 0.15) is 37.0 Å². The molecule has 0 aliphatic carbocycles. The zero-order valence-corrected chi connectivity index (χ0v) is 16.9. The average Bonchev–Trinajstić information content (AvgIpc) is 2.65. The van der Waals surface area contributed by atoms with Crippen LogP contribution in [0, 0.1) is 6.92 Å². The molecule has 2 amide bonds. The molecule has 0 aromatic heterocycles. The van der Waals surface area contributed by atoms with E-state index in [1.807, 2.05) is 56.3 Å². The number of aryl methyl sites for hydroxylation is 1. The Kier molecular flexibility index (Phi) is 7.86. The third kappa shape index (κ3) is 6.10. The van der Waals surface area contributed by atoms with Crippen molar-refractivity contribution >= 4 is 23.4 Å². The van der Waals surface area contributed by atoms with Crippen molar-refractivity contribution in [3.05, 3.63) is 70.2 Å². The van der Waals surface area contributed by atoms with Crippen molar-refractivity contribution < 1.29 is 9.59 Å². The highest BCUT2D eigenvalue weighted by Gasteiger charge is 2.26. The molecular weight excluding hydrogens is 360 g/mol. The maximum atomic E-state index is 13.1. The van der Waals surface area contributed by atoms with Crippen molar-refractivity contribution in [2.24, 2.45) is 0 Å². The summed E-state index contributed by atoms with van der Waals surface area (Å²) >= 11 is 6.09. The van der Waals surface area contributed by atoms with Gasteiger partial charge in [-0.25, -0.2) is 0 Å². The first-order valence-electron chi connectivity index (χ1n) is 9.28. The number of carbonyl (C=O) groups excluding carboxylic acids is 2. The number of carbonyl (C=O) groups is 2. The van der Waals surface area contributed by atoms with Crippen molar-refractivity contribution in [2.45, 2.75) is 46.2 Å². The van der Waals surface area contributed by atoms with Crippen molar-refractivity contribution in [3.63, 3.8) is 0 Å². The van der Waals surface area contributed by atoms with E-state index in [1.165, 1.54) is 0 Å². The SMILES string of the molecule is CCCNC(=O)[C@@H](C)N(Cc1cccc(Cl)c1)C(=O)Cc1ccccc1C. The van der Waals surface area contributed by atoms with Gasteiger partial charge in [-0.15, -0.1) is 0 Å². The summed E-state index contributed by atoms with van der Waals surface area (Å²) in [6.07, 6.45) is 1.11. The van der Waals surface area contributed by atoms with E-state index in [4.69, 9.17) is 11.6 Å². The number of benzene rings is 2. The van der Waals surface area contributed by atoms with E-state index in [1.54, 1.807) is 17.9 Å². The minimum atomic E-state index is -0.563. The average molecular weight is 387 g/mol. The smallest absolute Gasteiger partial charge is 0.242 e. The zero-order valence-electron chi connectivity index (χ0n) is 16.2. The van der Waals surface area contributed by atoms with Crippen LogP contribution in [0.5, 0.6) is 0 Å². The second-order valence-electron chi connectivity index (χ2n) is 6.72. The van der Waals surface area contributed by atoms with E-state index >= 15 is 0 Å². The van der Waals surface area contributed by atoms with Crippen LogP contribution in [0.3, 0.4) is 0 Å². The highest BCUT2D eigenvalue weighted by Crippen LogP contribution is 2.17. The van der Waals surface area contributed by atoms with Gasteiger partial charge in [-0.05, 0) is 49.1 Å². The normalized spacial score (nSPS) is 11.7. The molecule has 0 spiro atoms. The first kappa shape index (κ1) is 21.0. The molecule has 1 atom stereocenters. The molecule has 2 aromatic carbocycles. The minimum absolute atomic E-state index is 0.0802. The fraction of sp³-hybridized carbons (Fsp3) is 0.364. The Morgan fingerprint density at radius 2 is 1.89 bits per heavy atom. The third-order valence-electron chi connectivity index (χ3n) is 4.56. The quantitative estimate of drug-likeness (QED) is 0.741. The van der Waals surface area contributed by atoms with Crippen LogP contribution >= 0.6 is 11.6 Å². The molecule has 0 saturated carbocycles. The molecule has 0 radical (unpaired) electrons. The Morgan fingerprint density at radius 3 is 2.56 bits per heavy atom. The predicted octanol–water partition coefficient (Wildman–Crippen LogP) is 4.13. The maximum Gasteiger partial charge on any atom is 0.242 e. The lowest BCUT2D eigenvalue weighted by molar-refractivity contribution is -0.140. The fourth-order valence-corrected chi connectivity index (χ4v) is 3.10. The second-order valence-corrected chi connectivity index (χ2v) is 7.16. The van der Waals surface area contributed by atoms with Crippen molar-refractivity contribution in [2.75, 3.05) is 6.54 Å². The molecule has 144 valence electrons. The van der Waals surface area contributed by atoms with Gasteiger partial charge in [-0.3, -0.25) is 9.59 Å². The van der Waals surface area contributed by atoms with Crippen LogP contribution in [-0.2, 0) is 22.6 Å². The molecule has 0 saturated heterocycles. The molecule has 27 heavy (non-hydrogen) atoms. The van der Waals surface area contributed by atoms with Crippen molar-refractivity contribution in [3.8, 4) is 0 Å². The topological polar surface area (TPSA) is 49.4 Å². The van der Waals surface area contributed by atoms with Crippen LogP contribution in [0.25, 0.3) is 0 Å². The number of nitrogens with one attached hydrogen (secondary N) is 1. The van der Waals surface area contributed by atoms with Gasteiger partial charge >= 0.3 is 0 Å². The molecule has 0 fully saturated rings. The van der Waals surface area contributed by atoms with E-state index in [-0.39, 0.29) is 18.2 Å². The molecule has 5 heteroatoms. The number of nitrogens with zero attached hydrogens (tertiary/aromatic N) is 1. The Morgan fingerprint density at radius 1 is 1.15 bits per heavy atom. The molecular formula is C22H27ClN2O2.